The second kappa shape index (κ2) is 8.27. The first-order chi connectivity index (χ1) is 7.64. The Kier molecular flexibility index (Phi) is 7.80. The van der Waals surface area contributed by atoms with Gasteiger partial charge in [-0.05, 0) is 6.42 Å². The van der Waals surface area contributed by atoms with Gasteiger partial charge < -0.3 is 19.7 Å². The van der Waals surface area contributed by atoms with E-state index in [4.69, 9.17) is 9.47 Å². The van der Waals surface area contributed by atoms with E-state index in [2.05, 4.69) is 6.58 Å². The molecular formula is C11H20O5. The highest BCUT2D eigenvalue weighted by molar-refractivity contribution is 5.81. The van der Waals surface area contributed by atoms with Gasteiger partial charge in [0.05, 0.1) is 25.2 Å². The van der Waals surface area contributed by atoms with Crippen molar-refractivity contribution < 1.29 is 24.5 Å². The van der Waals surface area contributed by atoms with Crippen molar-refractivity contribution in [3.8, 4) is 0 Å². The number of carbonyl (C=O) groups is 1. The van der Waals surface area contributed by atoms with Crippen LogP contribution in [0.3, 0.4) is 0 Å². The Labute approximate surface area is 95.7 Å². The molecule has 0 aliphatic heterocycles. The van der Waals surface area contributed by atoms with Gasteiger partial charge in [-0.15, -0.1) is 0 Å². The third-order valence-corrected chi connectivity index (χ3v) is 2.11. The summed E-state index contributed by atoms with van der Waals surface area (Å²) in [6.45, 7) is 5.20. The van der Waals surface area contributed by atoms with Gasteiger partial charge in [0.1, 0.15) is 6.61 Å². The molecule has 0 spiro atoms. The minimum Gasteiger partial charge on any atom is -0.462 e. The monoisotopic (exact) mass is 232 g/mol. The van der Waals surface area contributed by atoms with Crippen molar-refractivity contribution in [2.45, 2.75) is 13.3 Å². The second-order valence-electron chi connectivity index (χ2n) is 3.68. The van der Waals surface area contributed by atoms with E-state index in [-0.39, 0.29) is 26.4 Å². The van der Waals surface area contributed by atoms with E-state index in [0.29, 0.717) is 6.61 Å². The maximum Gasteiger partial charge on any atom is 0.330 e. The SMILES string of the molecule is C=CC(=O)OCC(CO)(CO)COCCC. The zero-order valence-electron chi connectivity index (χ0n) is 9.65. The molecule has 0 saturated heterocycles. The number of hydrogen-bond donors (Lipinski definition) is 2. The third-order valence-electron chi connectivity index (χ3n) is 2.11. The molecule has 0 atom stereocenters. The molecule has 0 unspecified atom stereocenters. The summed E-state index contributed by atoms with van der Waals surface area (Å²) >= 11 is 0. The lowest BCUT2D eigenvalue weighted by atomic mass is 9.92. The molecule has 5 heteroatoms. The van der Waals surface area contributed by atoms with Gasteiger partial charge in [-0.3, -0.25) is 0 Å². The summed E-state index contributed by atoms with van der Waals surface area (Å²) < 4.78 is 10.1. The van der Waals surface area contributed by atoms with Crippen molar-refractivity contribution in [3.63, 3.8) is 0 Å². The van der Waals surface area contributed by atoms with Crippen LogP contribution in [-0.4, -0.2) is 49.2 Å². The summed E-state index contributed by atoms with van der Waals surface area (Å²) in [6, 6.07) is 0. The number of carbonyl (C=O) groups excluding carboxylic acids is 1. The van der Waals surface area contributed by atoms with Gasteiger partial charge in [0.15, 0.2) is 0 Å². The van der Waals surface area contributed by atoms with E-state index in [1.165, 1.54) is 0 Å². The quantitative estimate of drug-likeness (QED) is 0.335. The largest absolute Gasteiger partial charge is 0.462 e. The van der Waals surface area contributed by atoms with Crippen molar-refractivity contribution in [2.24, 2.45) is 5.41 Å². The van der Waals surface area contributed by atoms with Crippen molar-refractivity contribution >= 4 is 5.97 Å². The standard InChI is InChI=1S/C11H20O5/c1-3-5-15-8-11(6-12,7-13)9-16-10(14)4-2/h4,12-13H,2-3,5-9H2,1H3. The van der Waals surface area contributed by atoms with Crippen LogP contribution in [0, 0.1) is 5.41 Å². The summed E-state index contributed by atoms with van der Waals surface area (Å²) in [7, 11) is 0. The van der Waals surface area contributed by atoms with E-state index >= 15 is 0 Å². The highest BCUT2D eigenvalue weighted by Gasteiger charge is 2.31. The molecule has 0 amide bonds. The first-order valence-corrected chi connectivity index (χ1v) is 5.22. The number of ether oxygens (including phenoxy) is 2. The molecule has 0 saturated carbocycles. The summed E-state index contributed by atoms with van der Waals surface area (Å²) in [5.74, 6) is -0.582. The molecule has 0 aliphatic carbocycles. The first kappa shape index (κ1) is 15.1. The highest BCUT2D eigenvalue weighted by Crippen LogP contribution is 2.17. The van der Waals surface area contributed by atoms with Crippen LogP contribution in [0.25, 0.3) is 0 Å². The fraction of sp³-hybridized carbons (Fsp3) is 0.727. The highest BCUT2D eigenvalue weighted by atomic mass is 16.5. The molecule has 16 heavy (non-hydrogen) atoms. The second-order valence-corrected chi connectivity index (χ2v) is 3.68. The van der Waals surface area contributed by atoms with Gasteiger partial charge in [0.2, 0.25) is 0 Å². The number of aliphatic hydroxyl groups excluding tert-OH is 2. The summed E-state index contributed by atoms with van der Waals surface area (Å²) in [5.41, 5.74) is -0.937. The van der Waals surface area contributed by atoms with Crippen molar-refractivity contribution in [3.05, 3.63) is 12.7 Å². The minimum atomic E-state index is -0.937. The normalized spacial score (nSPS) is 11.2. The zero-order valence-corrected chi connectivity index (χ0v) is 9.65. The molecule has 0 aromatic carbocycles. The molecule has 0 fully saturated rings. The Hall–Kier alpha value is -0.910. The summed E-state index contributed by atoms with van der Waals surface area (Å²) in [5, 5.41) is 18.4. The molecule has 0 bridgehead atoms. The Morgan fingerprint density at radius 1 is 1.38 bits per heavy atom. The molecule has 0 aliphatic rings. The number of aliphatic hydroxyl groups is 2. The van der Waals surface area contributed by atoms with Crippen molar-refractivity contribution in [2.75, 3.05) is 33.0 Å². The Bertz CT molecular complexity index is 210. The van der Waals surface area contributed by atoms with Crippen LogP contribution in [0.4, 0.5) is 0 Å². The molecule has 0 heterocycles. The van der Waals surface area contributed by atoms with Crippen LogP contribution in [0.5, 0.6) is 0 Å². The smallest absolute Gasteiger partial charge is 0.330 e. The molecular weight excluding hydrogens is 212 g/mol. The third kappa shape index (κ3) is 5.25. The van der Waals surface area contributed by atoms with Crippen molar-refractivity contribution in [1.29, 1.82) is 0 Å². The van der Waals surface area contributed by atoms with Crippen LogP contribution >= 0.6 is 0 Å². The average molecular weight is 232 g/mol. The van der Waals surface area contributed by atoms with E-state index in [1.54, 1.807) is 0 Å². The van der Waals surface area contributed by atoms with Gasteiger partial charge >= 0.3 is 5.97 Å². The maximum absolute atomic E-state index is 10.9. The van der Waals surface area contributed by atoms with Gasteiger partial charge in [0, 0.05) is 12.7 Å². The van der Waals surface area contributed by atoms with E-state index in [0.717, 1.165) is 12.5 Å². The number of rotatable bonds is 9. The molecule has 0 aromatic rings. The lowest BCUT2D eigenvalue weighted by Gasteiger charge is -2.28. The number of hydrogen-bond acceptors (Lipinski definition) is 5. The van der Waals surface area contributed by atoms with Crippen LogP contribution < -0.4 is 0 Å². The zero-order chi connectivity index (χ0) is 12.4. The average Bonchev–Trinajstić information content (AvgIpc) is 2.33. The van der Waals surface area contributed by atoms with Gasteiger partial charge in [-0.1, -0.05) is 13.5 Å². The van der Waals surface area contributed by atoms with E-state index < -0.39 is 11.4 Å². The Balaban J connectivity index is 4.19. The first-order valence-electron chi connectivity index (χ1n) is 5.22. The molecule has 5 nitrogen and oxygen atoms in total. The predicted octanol–water partition coefficient (Wildman–Crippen LogP) is 0.113. The van der Waals surface area contributed by atoms with Gasteiger partial charge in [-0.25, -0.2) is 4.79 Å². The molecule has 0 radical (unpaired) electrons. The fourth-order valence-corrected chi connectivity index (χ4v) is 0.990. The van der Waals surface area contributed by atoms with E-state index in [1.807, 2.05) is 6.92 Å². The topological polar surface area (TPSA) is 76.0 Å². The summed E-state index contributed by atoms with van der Waals surface area (Å²) in [4.78, 5) is 10.9. The Morgan fingerprint density at radius 2 is 2.00 bits per heavy atom. The van der Waals surface area contributed by atoms with Crippen molar-refractivity contribution in [1.82, 2.24) is 0 Å². The maximum atomic E-state index is 10.9. The van der Waals surface area contributed by atoms with E-state index in [9.17, 15) is 15.0 Å². The molecule has 0 rings (SSSR count). The van der Waals surface area contributed by atoms with Crippen LogP contribution in [0.15, 0.2) is 12.7 Å². The fourth-order valence-electron chi connectivity index (χ4n) is 0.990. The molecule has 94 valence electrons. The Morgan fingerprint density at radius 3 is 2.44 bits per heavy atom. The predicted molar refractivity (Wildman–Crippen MR) is 58.9 cm³/mol. The lowest BCUT2D eigenvalue weighted by molar-refractivity contribution is -0.146. The lowest BCUT2D eigenvalue weighted by Crippen LogP contribution is -2.40. The van der Waals surface area contributed by atoms with Crippen LogP contribution in [-0.2, 0) is 14.3 Å². The number of esters is 1. The van der Waals surface area contributed by atoms with Gasteiger partial charge in [-0.2, -0.15) is 0 Å². The summed E-state index contributed by atoms with van der Waals surface area (Å²) in [6.07, 6.45) is 1.88. The van der Waals surface area contributed by atoms with Crippen LogP contribution in [0.2, 0.25) is 0 Å². The molecule has 0 aromatic heterocycles. The van der Waals surface area contributed by atoms with Gasteiger partial charge in [0.25, 0.3) is 0 Å². The minimum absolute atomic E-state index is 0.0887. The van der Waals surface area contributed by atoms with Crippen LogP contribution in [0.1, 0.15) is 13.3 Å². The molecule has 2 N–H and O–H groups in total.